The van der Waals surface area contributed by atoms with Gasteiger partial charge in [-0.2, -0.15) is 5.10 Å². The number of hydrogen-bond acceptors (Lipinski definition) is 11. The quantitative estimate of drug-likeness (QED) is 0.0447. The standard InChI is InChI=1S/C31H33FN6O9P2S/c1-19(39)35-15-25-18-38(29(40)47-25)24-8-11-27(28(32)12-24)22-6-2-21(3-7-22)16-37(17-23(14-33)36-34)30(41)50-26-9-4-20(5-10-26)13-31(42,48-43)49(44,45)46/h2-12,14,25,33,42H,13,15-18,34H2,1H3,(H,35,39)(H2,44,45,46)/t25-,31?/m0/s1. The Kier molecular flexibility index (Phi) is 12.6. The van der Waals surface area contributed by atoms with E-state index in [0.29, 0.717) is 21.7 Å². The highest BCUT2D eigenvalue weighted by Gasteiger charge is 2.46. The molecule has 1 heterocycles. The maximum Gasteiger partial charge on any atom is 0.414 e. The van der Waals surface area contributed by atoms with Crippen LogP contribution >= 0.6 is 27.8 Å². The molecule has 4 rings (SSSR count). The smallest absolute Gasteiger partial charge is 0.414 e. The fraction of sp³-hybridized carbons (Fsp3) is 0.258. The van der Waals surface area contributed by atoms with Crippen LogP contribution in [0.2, 0.25) is 0 Å². The lowest BCUT2D eigenvalue weighted by atomic mass is 10.0. The molecule has 1 aliphatic rings. The molecule has 2 atom stereocenters. The fourth-order valence-corrected chi connectivity index (χ4v) is 6.61. The molecule has 0 bridgehead atoms. The van der Waals surface area contributed by atoms with Gasteiger partial charge in [0.2, 0.25) is 19.5 Å². The Bertz CT molecular complexity index is 1840. The first-order chi connectivity index (χ1) is 23.7. The van der Waals surface area contributed by atoms with E-state index in [9.17, 15) is 38.4 Å². The fourth-order valence-electron chi connectivity index (χ4n) is 4.82. The first-order valence-corrected chi connectivity index (χ1v) is 18.0. The second kappa shape index (κ2) is 16.5. The second-order valence-corrected chi connectivity index (χ2v) is 15.3. The minimum atomic E-state index is -5.11. The zero-order valence-electron chi connectivity index (χ0n) is 26.4. The average Bonchev–Trinajstić information content (AvgIpc) is 3.46. The summed E-state index contributed by atoms with van der Waals surface area (Å²) in [5, 5.41) is 20.6. The normalized spacial score (nSPS) is 16.1. The van der Waals surface area contributed by atoms with Gasteiger partial charge in [-0.1, -0.05) is 36.4 Å². The van der Waals surface area contributed by atoms with Crippen molar-refractivity contribution in [3.63, 3.8) is 0 Å². The first-order valence-electron chi connectivity index (χ1n) is 14.7. The van der Waals surface area contributed by atoms with E-state index in [4.69, 9.17) is 16.0 Å². The average molecular weight is 747 g/mol. The van der Waals surface area contributed by atoms with E-state index in [0.717, 1.165) is 18.0 Å². The van der Waals surface area contributed by atoms with E-state index in [1.807, 2.05) is 0 Å². The maximum atomic E-state index is 15.3. The van der Waals surface area contributed by atoms with E-state index in [-0.39, 0.29) is 48.9 Å². The summed E-state index contributed by atoms with van der Waals surface area (Å²) in [6.07, 6.45) is -0.901. The topological polar surface area (TPSA) is 236 Å². The van der Waals surface area contributed by atoms with Gasteiger partial charge in [0.15, 0.2) is 0 Å². The summed E-state index contributed by atoms with van der Waals surface area (Å²) >= 11 is 0.821. The third-order valence-electron chi connectivity index (χ3n) is 7.48. The second-order valence-electron chi connectivity index (χ2n) is 11.1. The Morgan fingerprint density at radius 1 is 1.20 bits per heavy atom. The van der Waals surface area contributed by atoms with Crippen LogP contribution in [0.4, 0.5) is 19.7 Å². The van der Waals surface area contributed by atoms with E-state index in [2.05, 4.69) is 10.4 Å². The van der Waals surface area contributed by atoms with Crippen LogP contribution in [-0.2, 0) is 31.6 Å². The van der Waals surface area contributed by atoms with Gasteiger partial charge < -0.3 is 41.1 Å². The van der Waals surface area contributed by atoms with Crippen LogP contribution in [0.25, 0.3) is 11.1 Å². The molecule has 0 aromatic heterocycles. The molecular weight excluding hydrogens is 713 g/mol. The van der Waals surface area contributed by atoms with E-state index >= 15 is 4.39 Å². The van der Waals surface area contributed by atoms with Crippen molar-refractivity contribution in [2.75, 3.05) is 24.5 Å². The van der Waals surface area contributed by atoms with Gasteiger partial charge >= 0.3 is 13.7 Å². The third-order valence-corrected chi connectivity index (χ3v) is 11.0. The number of halogens is 1. The van der Waals surface area contributed by atoms with E-state index in [1.165, 1.54) is 53.1 Å². The minimum Gasteiger partial charge on any atom is -0.442 e. The number of ether oxygens (including phenoxy) is 1. The Morgan fingerprint density at radius 3 is 2.42 bits per heavy atom. The molecule has 1 saturated heterocycles. The van der Waals surface area contributed by atoms with Gasteiger partial charge in [-0.25, -0.2) is 9.18 Å². The van der Waals surface area contributed by atoms with Gasteiger partial charge in [-0.05, 0) is 58.8 Å². The molecule has 3 aromatic rings. The van der Waals surface area contributed by atoms with Gasteiger partial charge in [0, 0.05) is 36.6 Å². The third kappa shape index (κ3) is 9.59. The Hall–Kier alpha value is -4.50. The first kappa shape index (κ1) is 38.3. The number of nitrogens with two attached hydrogens (primary N) is 1. The van der Waals surface area contributed by atoms with Crippen molar-refractivity contribution in [3.8, 4) is 11.1 Å². The molecule has 3 aromatic carbocycles. The zero-order valence-corrected chi connectivity index (χ0v) is 29.0. The number of cyclic esters (lactones) is 1. The van der Waals surface area contributed by atoms with Crippen molar-refractivity contribution < 1.29 is 47.5 Å². The number of nitrogens with one attached hydrogen (secondary N) is 2. The molecule has 1 fully saturated rings. The van der Waals surface area contributed by atoms with Gasteiger partial charge in [-0.3, -0.25) is 23.6 Å². The molecule has 1 aliphatic heterocycles. The van der Waals surface area contributed by atoms with Crippen molar-refractivity contribution in [3.05, 3.63) is 83.7 Å². The molecule has 50 heavy (non-hydrogen) atoms. The van der Waals surface area contributed by atoms with Crippen LogP contribution in [0.3, 0.4) is 0 Å². The number of carbonyl (C=O) groups excluding carboxylic acids is 3. The number of carbonyl (C=O) groups is 3. The molecule has 15 nitrogen and oxygen atoms in total. The molecule has 0 spiro atoms. The summed E-state index contributed by atoms with van der Waals surface area (Å²) in [7, 11) is -6.25. The molecule has 0 aliphatic carbocycles. The lowest BCUT2D eigenvalue weighted by Crippen LogP contribution is -2.33. The van der Waals surface area contributed by atoms with Crippen LogP contribution in [-0.4, -0.2) is 79.8 Å². The van der Waals surface area contributed by atoms with Crippen LogP contribution in [0.1, 0.15) is 18.1 Å². The van der Waals surface area contributed by atoms with Gasteiger partial charge in [0.05, 0.1) is 31.0 Å². The Morgan fingerprint density at radius 2 is 1.86 bits per heavy atom. The predicted octanol–water partition coefficient (Wildman–Crippen LogP) is 4.29. The number of amides is 3. The molecule has 3 amide bonds. The zero-order chi connectivity index (χ0) is 36.6. The summed E-state index contributed by atoms with van der Waals surface area (Å²) in [5.74, 6) is 4.54. The monoisotopic (exact) mass is 746 g/mol. The molecule has 0 saturated carbocycles. The van der Waals surface area contributed by atoms with Gasteiger partial charge in [-0.15, -0.1) is 0 Å². The number of nitrogens with zero attached hydrogens (tertiary/aromatic N) is 3. The highest BCUT2D eigenvalue weighted by Crippen LogP contribution is 2.56. The van der Waals surface area contributed by atoms with Crippen molar-refractivity contribution in [1.29, 1.82) is 5.41 Å². The highest BCUT2D eigenvalue weighted by atomic mass is 32.2. The van der Waals surface area contributed by atoms with E-state index in [1.54, 1.807) is 30.3 Å². The Labute approximate surface area is 291 Å². The SMILES string of the molecule is CC(=O)NC[C@H]1CN(c2ccc(-c3ccc(CN(CC(C=N)=NN)C(=O)Sc4ccc(CC(O)(P=O)P(=O)(O)O)cc4)cc3)c(F)c2)C(=O)O1. The van der Waals surface area contributed by atoms with Crippen LogP contribution < -0.4 is 16.1 Å². The number of rotatable bonds is 14. The van der Waals surface area contributed by atoms with Gasteiger partial charge in [0.25, 0.3) is 5.24 Å². The lowest BCUT2D eigenvalue weighted by molar-refractivity contribution is -0.119. The predicted molar refractivity (Wildman–Crippen MR) is 185 cm³/mol. The summed E-state index contributed by atoms with van der Waals surface area (Å²) < 4.78 is 43.4. The molecule has 0 radical (unpaired) electrons. The number of thioether (sulfide) groups is 1. The number of anilines is 1. The van der Waals surface area contributed by atoms with Crippen LogP contribution in [0.15, 0.2) is 76.7 Å². The number of aliphatic hydroxyl groups is 1. The van der Waals surface area contributed by atoms with Gasteiger partial charge in [0.1, 0.15) is 11.9 Å². The van der Waals surface area contributed by atoms with Crippen LogP contribution in [0, 0.1) is 11.2 Å². The molecular formula is C31H33FN6O9P2S. The largest absolute Gasteiger partial charge is 0.442 e. The van der Waals surface area contributed by atoms with Crippen molar-refractivity contribution >= 4 is 62.7 Å². The van der Waals surface area contributed by atoms with Crippen molar-refractivity contribution in [2.24, 2.45) is 10.9 Å². The number of hydrazone groups is 1. The summed E-state index contributed by atoms with van der Waals surface area (Å²) in [6.45, 7) is 1.59. The lowest BCUT2D eigenvalue weighted by Gasteiger charge is -2.23. The highest BCUT2D eigenvalue weighted by molar-refractivity contribution is 8.13. The summed E-state index contributed by atoms with van der Waals surface area (Å²) in [6, 6.07) is 17.0. The number of benzene rings is 3. The van der Waals surface area contributed by atoms with Crippen molar-refractivity contribution in [1.82, 2.24) is 10.2 Å². The number of hydrogen-bond donors (Lipinski definition) is 6. The summed E-state index contributed by atoms with van der Waals surface area (Å²) in [4.78, 5) is 58.8. The molecule has 264 valence electrons. The van der Waals surface area contributed by atoms with Crippen molar-refractivity contribution in [2.45, 2.75) is 36.0 Å². The molecule has 1 unspecified atom stereocenters. The molecule has 7 N–H and O–H groups in total. The maximum absolute atomic E-state index is 15.3. The van der Waals surface area contributed by atoms with Crippen LogP contribution in [0.5, 0.6) is 0 Å². The minimum absolute atomic E-state index is 0.0626. The molecule has 19 heteroatoms. The summed E-state index contributed by atoms with van der Waals surface area (Å²) in [5.41, 5.74) is 2.15. The van der Waals surface area contributed by atoms with E-state index < -0.39 is 50.8 Å². The Balaban J connectivity index is 1.45.